The normalized spacial score (nSPS) is 11.9. The second kappa shape index (κ2) is 13.2. The lowest BCUT2D eigenvalue weighted by molar-refractivity contribution is 1.53. The average Bonchev–Trinajstić information content (AvgIpc) is 3.03. The summed E-state index contributed by atoms with van der Waals surface area (Å²) in [5, 5.41) is 0. The smallest absolute Gasteiger partial charge is 0.0105 e. The van der Waals surface area contributed by atoms with Crippen molar-refractivity contribution in [3.63, 3.8) is 0 Å². The first-order chi connectivity index (χ1) is 19.7. The van der Waals surface area contributed by atoms with Gasteiger partial charge in [-0.3, -0.25) is 0 Å². The molecule has 0 N–H and O–H groups in total. The number of hydrogen-bond acceptors (Lipinski definition) is 0. The molecule has 0 fully saturated rings. The van der Waals surface area contributed by atoms with E-state index in [0.29, 0.717) is 0 Å². The Labute approximate surface area is 239 Å². The van der Waals surface area contributed by atoms with Gasteiger partial charge in [-0.05, 0) is 81.7 Å². The summed E-state index contributed by atoms with van der Waals surface area (Å²) in [4.78, 5) is 0. The Hall–Kier alpha value is -4.94. The summed E-state index contributed by atoms with van der Waals surface area (Å²) in [7, 11) is 0. The second-order valence-electron chi connectivity index (χ2n) is 9.70. The molecule has 5 aromatic carbocycles. The van der Waals surface area contributed by atoms with Gasteiger partial charge in [0.2, 0.25) is 0 Å². The van der Waals surface area contributed by atoms with Crippen molar-refractivity contribution in [3.8, 4) is 11.1 Å². The highest BCUT2D eigenvalue weighted by Gasteiger charge is 2.07. The van der Waals surface area contributed by atoms with E-state index in [-0.39, 0.29) is 0 Å². The maximum Gasteiger partial charge on any atom is -0.0105 e. The minimum Gasteiger partial charge on any atom is -0.0871 e. The van der Waals surface area contributed by atoms with Crippen LogP contribution in [0, 0.1) is 0 Å². The van der Waals surface area contributed by atoms with Crippen LogP contribution < -0.4 is 0 Å². The molecule has 0 amide bonds. The van der Waals surface area contributed by atoms with E-state index < -0.39 is 0 Å². The Morgan fingerprint density at radius 1 is 0.450 bits per heavy atom. The molecule has 194 valence electrons. The Balaban J connectivity index is 1.42. The Bertz CT molecular complexity index is 1590. The number of hydrogen-bond donors (Lipinski definition) is 0. The molecule has 0 unspecified atom stereocenters. The molecule has 0 nitrogen and oxygen atoms in total. The molecular weight excluding hydrogens is 480 g/mol. The maximum atomic E-state index is 2.27. The molecule has 0 radical (unpaired) electrons. The minimum absolute atomic E-state index is 1.18. The van der Waals surface area contributed by atoms with E-state index in [1.807, 2.05) is 0 Å². The van der Waals surface area contributed by atoms with Gasteiger partial charge in [0.1, 0.15) is 0 Å². The van der Waals surface area contributed by atoms with Crippen LogP contribution in [0.25, 0.3) is 34.4 Å². The summed E-state index contributed by atoms with van der Waals surface area (Å²) in [6.45, 7) is 4.16. The molecule has 0 aliphatic heterocycles. The molecule has 0 aliphatic rings. The van der Waals surface area contributed by atoms with Crippen molar-refractivity contribution >= 4 is 23.3 Å². The van der Waals surface area contributed by atoms with Gasteiger partial charge < -0.3 is 0 Å². The van der Waals surface area contributed by atoms with E-state index in [2.05, 4.69) is 184 Å². The van der Waals surface area contributed by atoms with Crippen molar-refractivity contribution < 1.29 is 0 Å². The largest absolute Gasteiger partial charge is 0.0871 e. The molecule has 5 rings (SSSR count). The van der Waals surface area contributed by atoms with Gasteiger partial charge in [-0.15, -0.1) is 0 Å². The SMILES string of the molecule is C\C=C/C(=C\C)C(=C/c1ccc(-c2ccc(C=C(c3ccccc3)c3ccccc3)cc2)cc1)/c1ccccc1. The van der Waals surface area contributed by atoms with E-state index in [1.54, 1.807) is 0 Å². The summed E-state index contributed by atoms with van der Waals surface area (Å²) in [5.74, 6) is 0. The molecule has 0 aliphatic carbocycles. The fourth-order valence-electron chi connectivity index (χ4n) is 4.92. The van der Waals surface area contributed by atoms with E-state index in [1.165, 1.54) is 55.7 Å². The quantitative estimate of drug-likeness (QED) is 0.143. The third-order valence-electron chi connectivity index (χ3n) is 7.00. The van der Waals surface area contributed by atoms with Crippen molar-refractivity contribution in [1.82, 2.24) is 0 Å². The average molecular weight is 515 g/mol. The molecule has 0 saturated heterocycles. The van der Waals surface area contributed by atoms with E-state index in [4.69, 9.17) is 0 Å². The monoisotopic (exact) mass is 514 g/mol. The zero-order valence-corrected chi connectivity index (χ0v) is 23.2. The van der Waals surface area contributed by atoms with Gasteiger partial charge in [0.25, 0.3) is 0 Å². The molecule has 0 saturated carbocycles. The van der Waals surface area contributed by atoms with E-state index in [9.17, 15) is 0 Å². The molecule has 0 atom stereocenters. The summed E-state index contributed by atoms with van der Waals surface area (Å²) in [6.07, 6.45) is 11.0. The van der Waals surface area contributed by atoms with Gasteiger partial charge in [0.15, 0.2) is 0 Å². The van der Waals surface area contributed by atoms with Crippen LogP contribution in [-0.2, 0) is 0 Å². The Morgan fingerprint density at radius 2 is 0.875 bits per heavy atom. The lowest BCUT2D eigenvalue weighted by Gasteiger charge is -2.11. The number of rotatable bonds is 8. The molecular formula is C40H34. The molecule has 40 heavy (non-hydrogen) atoms. The van der Waals surface area contributed by atoms with Crippen LogP contribution in [0.15, 0.2) is 163 Å². The molecule has 0 spiro atoms. The van der Waals surface area contributed by atoms with Crippen LogP contribution in [0.2, 0.25) is 0 Å². The number of allylic oxidation sites excluding steroid dienone is 5. The lowest BCUT2D eigenvalue weighted by Crippen LogP contribution is -1.89. The Kier molecular flexibility index (Phi) is 8.81. The van der Waals surface area contributed by atoms with Crippen LogP contribution in [0.3, 0.4) is 0 Å². The minimum atomic E-state index is 1.18. The first kappa shape index (κ1) is 26.7. The van der Waals surface area contributed by atoms with Crippen LogP contribution in [0.4, 0.5) is 0 Å². The van der Waals surface area contributed by atoms with E-state index >= 15 is 0 Å². The second-order valence-corrected chi connectivity index (χ2v) is 9.70. The first-order valence-electron chi connectivity index (χ1n) is 13.8. The lowest BCUT2D eigenvalue weighted by atomic mass is 9.94. The van der Waals surface area contributed by atoms with Crippen molar-refractivity contribution in [2.75, 3.05) is 0 Å². The van der Waals surface area contributed by atoms with Crippen LogP contribution in [0.1, 0.15) is 41.7 Å². The van der Waals surface area contributed by atoms with Gasteiger partial charge >= 0.3 is 0 Å². The maximum absolute atomic E-state index is 2.27. The Morgan fingerprint density at radius 3 is 1.30 bits per heavy atom. The standard InChI is InChI=1S/C40H34/c1-3-14-33(4-2)39(36-15-8-5-9-16-36)29-31-21-25-34(26-22-31)35-27-23-32(24-28-35)30-40(37-17-10-6-11-18-37)38-19-12-7-13-20-38/h3-30H,1-2H3/b14-3-,33-4+,39-29-. The van der Waals surface area contributed by atoms with Crippen LogP contribution in [-0.4, -0.2) is 0 Å². The zero-order valence-electron chi connectivity index (χ0n) is 23.2. The zero-order chi connectivity index (χ0) is 27.6. The third kappa shape index (κ3) is 6.54. The van der Waals surface area contributed by atoms with Gasteiger partial charge in [-0.2, -0.15) is 0 Å². The topological polar surface area (TPSA) is 0 Å². The molecule has 0 bridgehead atoms. The fourth-order valence-corrected chi connectivity index (χ4v) is 4.92. The molecule has 0 aromatic heterocycles. The summed E-state index contributed by atoms with van der Waals surface area (Å²) in [6, 6.07) is 49.4. The highest BCUT2D eigenvalue weighted by atomic mass is 14.1. The van der Waals surface area contributed by atoms with Crippen molar-refractivity contribution in [2.45, 2.75) is 13.8 Å². The predicted molar refractivity (Wildman–Crippen MR) is 175 cm³/mol. The van der Waals surface area contributed by atoms with Gasteiger partial charge in [0.05, 0.1) is 0 Å². The van der Waals surface area contributed by atoms with Crippen LogP contribution >= 0.6 is 0 Å². The van der Waals surface area contributed by atoms with Crippen LogP contribution in [0.5, 0.6) is 0 Å². The summed E-state index contributed by atoms with van der Waals surface area (Å²) >= 11 is 0. The summed E-state index contributed by atoms with van der Waals surface area (Å²) in [5.41, 5.74) is 12.1. The van der Waals surface area contributed by atoms with Crippen molar-refractivity contribution in [3.05, 3.63) is 191 Å². The van der Waals surface area contributed by atoms with Crippen molar-refractivity contribution in [2.24, 2.45) is 0 Å². The summed E-state index contributed by atoms with van der Waals surface area (Å²) < 4.78 is 0. The molecule has 0 heteroatoms. The van der Waals surface area contributed by atoms with Crippen molar-refractivity contribution in [1.29, 1.82) is 0 Å². The highest BCUT2D eigenvalue weighted by Crippen LogP contribution is 2.30. The van der Waals surface area contributed by atoms with Gasteiger partial charge in [0, 0.05) is 0 Å². The fraction of sp³-hybridized carbons (Fsp3) is 0.0500. The van der Waals surface area contributed by atoms with Gasteiger partial charge in [-0.25, -0.2) is 0 Å². The number of benzene rings is 5. The molecule has 0 heterocycles. The highest BCUT2D eigenvalue weighted by molar-refractivity contribution is 5.93. The predicted octanol–water partition coefficient (Wildman–Crippen LogP) is 11.0. The third-order valence-corrected chi connectivity index (χ3v) is 7.00. The molecule has 5 aromatic rings. The van der Waals surface area contributed by atoms with E-state index in [0.717, 1.165) is 0 Å². The first-order valence-corrected chi connectivity index (χ1v) is 13.8. The van der Waals surface area contributed by atoms with Gasteiger partial charge in [-0.1, -0.05) is 158 Å².